The molecule has 0 bridgehead atoms. The van der Waals surface area contributed by atoms with Crippen LogP contribution in [0, 0.1) is 0 Å². The van der Waals surface area contributed by atoms with Gasteiger partial charge in [0.15, 0.2) is 0 Å². The van der Waals surface area contributed by atoms with Crippen LogP contribution in [0.5, 0.6) is 0 Å². The molecule has 0 amide bonds. The van der Waals surface area contributed by atoms with Crippen LogP contribution in [-0.2, 0) is 6.42 Å². The van der Waals surface area contributed by atoms with Gasteiger partial charge in [0.05, 0.1) is 5.69 Å². The highest BCUT2D eigenvalue weighted by atomic mass is 79.9. The van der Waals surface area contributed by atoms with E-state index in [0.29, 0.717) is 10.9 Å². The van der Waals surface area contributed by atoms with Crippen molar-refractivity contribution < 1.29 is 0 Å². The van der Waals surface area contributed by atoms with E-state index in [1.54, 1.807) is 0 Å². The summed E-state index contributed by atoms with van der Waals surface area (Å²) in [5.41, 5.74) is 1.21. The zero-order valence-corrected chi connectivity index (χ0v) is 10.8. The fourth-order valence-corrected chi connectivity index (χ4v) is 1.54. The predicted octanol–water partition coefficient (Wildman–Crippen LogP) is 3.57. The quantitative estimate of drug-likeness (QED) is 0.739. The molecule has 1 aromatic heterocycles. The first kappa shape index (κ1) is 11.8. The lowest BCUT2D eigenvalue weighted by Crippen LogP contribution is -2.03. The Morgan fingerprint density at radius 1 is 1.50 bits per heavy atom. The summed E-state index contributed by atoms with van der Waals surface area (Å²) < 4.78 is 2.02. The third-order valence-electron chi connectivity index (χ3n) is 2.35. The average Bonchev–Trinajstić information content (AvgIpc) is 2.62. The number of nitrogens with zero attached hydrogens (tertiary/aromatic N) is 2. The molecule has 1 heterocycles. The van der Waals surface area contributed by atoms with Crippen LogP contribution in [0.4, 0.5) is 0 Å². The first-order chi connectivity index (χ1) is 6.63. The zero-order valence-electron chi connectivity index (χ0n) is 9.20. The van der Waals surface area contributed by atoms with Crippen molar-refractivity contribution in [3.05, 3.63) is 18.0 Å². The molecule has 0 spiro atoms. The van der Waals surface area contributed by atoms with Gasteiger partial charge < -0.3 is 0 Å². The zero-order chi connectivity index (χ0) is 10.6. The van der Waals surface area contributed by atoms with Gasteiger partial charge >= 0.3 is 0 Å². The molecule has 0 saturated carbocycles. The van der Waals surface area contributed by atoms with Gasteiger partial charge in [-0.1, -0.05) is 22.9 Å². The Balaban J connectivity index is 2.44. The smallest absolute Gasteiger partial charge is 0.0625 e. The highest BCUT2D eigenvalue weighted by molar-refractivity contribution is 9.09. The topological polar surface area (TPSA) is 17.8 Å². The van der Waals surface area contributed by atoms with Gasteiger partial charge in [-0.25, -0.2) is 0 Å². The molecule has 1 aromatic rings. The lowest BCUT2D eigenvalue weighted by atomic mass is 10.2. The summed E-state index contributed by atoms with van der Waals surface area (Å²) in [7, 11) is 0. The molecular weight excluding hydrogens is 240 g/mol. The summed E-state index contributed by atoms with van der Waals surface area (Å²) >= 11 is 3.64. The molecule has 0 fully saturated rings. The van der Waals surface area contributed by atoms with E-state index in [0.717, 1.165) is 6.42 Å². The molecule has 0 aliphatic carbocycles. The monoisotopic (exact) mass is 258 g/mol. The Labute approximate surface area is 94.8 Å². The number of hydrogen-bond donors (Lipinski definition) is 0. The maximum atomic E-state index is 4.51. The summed E-state index contributed by atoms with van der Waals surface area (Å²) in [6.45, 7) is 6.50. The van der Waals surface area contributed by atoms with Gasteiger partial charge in [-0.2, -0.15) is 5.10 Å². The minimum absolute atomic E-state index is 0.467. The number of alkyl halides is 1. The van der Waals surface area contributed by atoms with Crippen LogP contribution < -0.4 is 0 Å². The Morgan fingerprint density at radius 3 is 2.71 bits per heavy atom. The second kappa shape index (κ2) is 5.54. The van der Waals surface area contributed by atoms with Crippen molar-refractivity contribution >= 4 is 15.9 Å². The maximum absolute atomic E-state index is 4.51. The van der Waals surface area contributed by atoms with Crippen molar-refractivity contribution in [3.63, 3.8) is 0 Å². The Hall–Kier alpha value is -0.310. The summed E-state index contributed by atoms with van der Waals surface area (Å²) in [6, 6.07) is 2.59. The lowest BCUT2D eigenvalue weighted by molar-refractivity contribution is 0.524. The van der Waals surface area contributed by atoms with Crippen molar-refractivity contribution in [1.82, 2.24) is 9.78 Å². The first-order valence-electron chi connectivity index (χ1n) is 5.31. The van der Waals surface area contributed by atoms with Crippen molar-refractivity contribution in [2.24, 2.45) is 0 Å². The highest BCUT2D eigenvalue weighted by Gasteiger charge is 2.05. The second-order valence-corrected chi connectivity index (χ2v) is 5.22. The summed E-state index contributed by atoms with van der Waals surface area (Å²) in [4.78, 5) is 0.631. The molecule has 0 aliphatic rings. The first-order valence-corrected chi connectivity index (χ1v) is 6.23. The molecule has 0 radical (unpaired) electrons. The Kier molecular flexibility index (Phi) is 4.66. The molecule has 0 saturated heterocycles. The van der Waals surface area contributed by atoms with Crippen molar-refractivity contribution in [1.29, 1.82) is 0 Å². The minimum Gasteiger partial charge on any atom is -0.270 e. The predicted molar refractivity (Wildman–Crippen MR) is 63.9 cm³/mol. The molecule has 14 heavy (non-hydrogen) atoms. The lowest BCUT2D eigenvalue weighted by Gasteiger charge is -2.05. The molecule has 3 heteroatoms. The molecule has 1 unspecified atom stereocenters. The number of hydrogen-bond acceptors (Lipinski definition) is 1. The molecule has 2 nitrogen and oxygen atoms in total. The van der Waals surface area contributed by atoms with Crippen LogP contribution in [0.15, 0.2) is 12.3 Å². The van der Waals surface area contributed by atoms with Crippen LogP contribution in [0.2, 0.25) is 0 Å². The van der Waals surface area contributed by atoms with Gasteiger partial charge in [0.1, 0.15) is 0 Å². The normalized spacial score (nSPS) is 13.5. The molecule has 0 aromatic carbocycles. The summed E-state index contributed by atoms with van der Waals surface area (Å²) in [5.74, 6) is 0. The Morgan fingerprint density at radius 2 is 2.21 bits per heavy atom. The van der Waals surface area contributed by atoms with E-state index in [1.807, 2.05) is 4.68 Å². The average molecular weight is 259 g/mol. The van der Waals surface area contributed by atoms with Crippen LogP contribution in [0.1, 0.15) is 45.3 Å². The summed E-state index contributed by atoms with van der Waals surface area (Å²) in [6.07, 6.45) is 5.50. The molecule has 1 rings (SSSR count). The van der Waals surface area contributed by atoms with Gasteiger partial charge in [-0.3, -0.25) is 4.68 Å². The van der Waals surface area contributed by atoms with Gasteiger partial charge in [0.25, 0.3) is 0 Å². The number of aromatic nitrogens is 2. The molecular formula is C11H19BrN2. The van der Waals surface area contributed by atoms with Gasteiger partial charge in [0.2, 0.25) is 0 Å². The van der Waals surface area contributed by atoms with Gasteiger partial charge in [-0.15, -0.1) is 0 Å². The second-order valence-electron chi connectivity index (χ2n) is 3.93. The van der Waals surface area contributed by atoms with E-state index in [1.165, 1.54) is 18.5 Å². The third-order valence-corrected chi connectivity index (χ3v) is 3.45. The Bertz CT molecular complexity index is 268. The number of halogens is 1. The fraction of sp³-hybridized carbons (Fsp3) is 0.727. The SMILES string of the molecule is CCC(Br)CCc1ccn(C(C)C)n1. The van der Waals surface area contributed by atoms with E-state index in [9.17, 15) is 0 Å². The van der Waals surface area contributed by atoms with Crippen LogP contribution in [0.3, 0.4) is 0 Å². The van der Waals surface area contributed by atoms with Crippen molar-refractivity contribution in [3.8, 4) is 0 Å². The van der Waals surface area contributed by atoms with Crippen LogP contribution >= 0.6 is 15.9 Å². The fourth-order valence-electron chi connectivity index (χ4n) is 1.31. The highest BCUT2D eigenvalue weighted by Crippen LogP contribution is 2.13. The largest absolute Gasteiger partial charge is 0.270 e. The van der Waals surface area contributed by atoms with Crippen LogP contribution in [-0.4, -0.2) is 14.6 Å². The van der Waals surface area contributed by atoms with Crippen LogP contribution in [0.25, 0.3) is 0 Å². The standard InChI is InChI=1S/C11H19BrN2/c1-4-10(12)5-6-11-7-8-14(13-11)9(2)3/h7-10H,4-6H2,1-3H3. The van der Waals surface area contributed by atoms with E-state index in [2.05, 4.69) is 54.1 Å². The maximum Gasteiger partial charge on any atom is 0.0625 e. The van der Waals surface area contributed by atoms with E-state index >= 15 is 0 Å². The number of aryl methyl sites for hydroxylation is 1. The minimum atomic E-state index is 0.467. The van der Waals surface area contributed by atoms with E-state index in [4.69, 9.17) is 0 Å². The van der Waals surface area contributed by atoms with E-state index < -0.39 is 0 Å². The molecule has 0 aliphatic heterocycles. The molecule has 80 valence electrons. The molecule has 0 N–H and O–H groups in total. The summed E-state index contributed by atoms with van der Waals surface area (Å²) in [5, 5.41) is 4.51. The molecule has 1 atom stereocenters. The number of rotatable bonds is 5. The van der Waals surface area contributed by atoms with Crippen molar-refractivity contribution in [2.45, 2.75) is 50.9 Å². The van der Waals surface area contributed by atoms with E-state index in [-0.39, 0.29) is 0 Å². The third kappa shape index (κ3) is 3.45. The van der Waals surface area contributed by atoms with Gasteiger partial charge in [-0.05, 0) is 39.2 Å². The van der Waals surface area contributed by atoms with Gasteiger partial charge in [0, 0.05) is 17.1 Å². The van der Waals surface area contributed by atoms with Crippen molar-refractivity contribution in [2.75, 3.05) is 0 Å².